The van der Waals surface area contributed by atoms with Gasteiger partial charge < -0.3 is 14.7 Å². The SMILES string of the molecule is CN=C(S[C@@H]1CCCC(C(O)C(F)(F)F)O1)N(C)C. The third kappa shape index (κ3) is 4.85. The molecule has 0 spiro atoms. The molecule has 1 aliphatic heterocycles. The molecular weight excluding hydrogens is 281 g/mol. The minimum Gasteiger partial charge on any atom is -0.381 e. The van der Waals surface area contributed by atoms with Crippen LogP contribution in [0.4, 0.5) is 13.2 Å². The number of aliphatic imine (C=N–C) groups is 1. The molecule has 0 aromatic rings. The van der Waals surface area contributed by atoms with Gasteiger partial charge in [0.2, 0.25) is 0 Å². The number of ether oxygens (including phenoxy) is 1. The van der Waals surface area contributed by atoms with E-state index in [0.29, 0.717) is 18.0 Å². The van der Waals surface area contributed by atoms with Crippen LogP contribution in [-0.4, -0.2) is 60.1 Å². The summed E-state index contributed by atoms with van der Waals surface area (Å²) in [5, 5.41) is 9.92. The van der Waals surface area contributed by atoms with Crippen LogP contribution in [0.5, 0.6) is 0 Å². The first-order valence-electron chi connectivity index (χ1n) is 5.96. The fraction of sp³-hybridized carbons (Fsp3) is 0.909. The Morgan fingerprint density at radius 1 is 1.42 bits per heavy atom. The molecule has 19 heavy (non-hydrogen) atoms. The van der Waals surface area contributed by atoms with Crippen LogP contribution in [0.2, 0.25) is 0 Å². The molecule has 0 radical (unpaired) electrons. The Hall–Kier alpha value is -0.470. The van der Waals surface area contributed by atoms with Crippen LogP contribution in [0, 0.1) is 0 Å². The average Bonchev–Trinajstić information content (AvgIpc) is 2.33. The van der Waals surface area contributed by atoms with Crippen molar-refractivity contribution in [1.82, 2.24) is 4.90 Å². The van der Waals surface area contributed by atoms with Gasteiger partial charge in [0, 0.05) is 21.1 Å². The Labute approximate surface area is 115 Å². The lowest BCUT2D eigenvalue weighted by molar-refractivity contribution is -0.243. The molecule has 1 fully saturated rings. The number of halogens is 3. The Kier molecular flexibility index (Phi) is 5.94. The number of hydrogen-bond acceptors (Lipinski definition) is 4. The van der Waals surface area contributed by atoms with Crippen LogP contribution >= 0.6 is 11.8 Å². The number of nitrogens with zero attached hydrogens (tertiary/aromatic N) is 2. The van der Waals surface area contributed by atoms with E-state index in [4.69, 9.17) is 4.74 Å². The lowest BCUT2D eigenvalue weighted by atomic mass is 10.0. The summed E-state index contributed by atoms with van der Waals surface area (Å²) in [6, 6.07) is 0. The van der Waals surface area contributed by atoms with Gasteiger partial charge in [-0.05, 0) is 19.3 Å². The van der Waals surface area contributed by atoms with Gasteiger partial charge in [-0.15, -0.1) is 0 Å². The van der Waals surface area contributed by atoms with Gasteiger partial charge >= 0.3 is 6.18 Å². The molecule has 1 aliphatic rings. The van der Waals surface area contributed by atoms with Gasteiger partial charge in [-0.25, -0.2) is 0 Å². The Morgan fingerprint density at radius 2 is 2.05 bits per heavy atom. The Bertz CT molecular complexity index is 324. The number of alkyl halides is 3. The quantitative estimate of drug-likeness (QED) is 0.626. The number of aliphatic hydroxyl groups is 1. The van der Waals surface area contributed by atoms with E-state index in [2.05, 4.69) is 4.99 Å². The van der Waals surface area contributed by atoms with Crippen molar-refractivity contribution in [3.63, 3.8) is 0 Å². The first-order valence-corrected chi connectivity index (χ1v) is 6.84. The largest absolute Gasteiger partial charge is 0.416 e. The second-order valence-corrected chi connectivity index (χ2v) is 5.67. The molecule has 2 unspecified atom stereocenters. The zero-order valence-electron chi connectivity index (χ0n) is 11.1. The zero-order chi connectivity index (χ0) is 14.6. The van der Waals surface area contributed by atoms with Gasteiger partial charge in [0.05, 0.1) is 6.10 Å². The van der Waals surface area contributed by atoms with E-state index in [-0.39, 0.29) is 6.42 Å². The highest BCUT2D eigenvalue weighted by molar-refractivity contribution is 8.14. The zero-order valence-corrected chi connectivity index (χ0v) is 12.0. The molecule has 112 valence electrons. The molecule has 8 heteroatoms. The minimum atomic E-state index is -4.64. The first-order chi connectivity index (χ1) is 8.75. The molecule has 4 nitrogen and oxygen atoms in total. The van der Waals surface area contributed by atoms with E-state index >= 15 is 0 Å². The smallest absolute Gasteiger partial charge is 0.381 e. The fourth-order valence-electron chi connectivity index (χ4n) is 1.82. The normalized spacial score (nSPS) is 27.2. The van der Waals surface area contributed by atoms with Crippen LogP contribution in [0.15, 0.2) is 4.99 Å². The van der Waals surface area contributed by atoms with E-state index in [9.17, 15) is 18.3 Å². The lowest BCUT2D eigenvalue weighted by Gasteiger charge is -2.33. The summed E-state index contributed by atoms with van der Waals surface area (Å²) in [4.78, 5) is 5.82. The summed E-state index contributed by atoms with van der Waals surface area (Å²) in [6.07, 6.45) is -6.78. The highest BCUT2D eigenvalue weighted by Gasteiger charge is 2.45. The molecule has 0 saturated carbocycles. The second-order valence-electron chi connectivity index (χ2n) is 4.54. The van der Waals surface area contributed by atoms with Crippen molar-refractivity contribution in [2.75, 3.05) is 21.1 Å². The predicted molar refractivity (Wildman–Crippen MR) is 69.2 cm³/mol. The number of hydrogen-bond donors (Lipinski definition) is 1. The van der Waals surface area contributed by atoms with E-state index in [1.54, 1.807) is 26.0 Å². The van der Waals surface area contributed by atoms with Gasteiger partial charge in [-0.1, -0.05) is 11.8 Å². The van der Waals surface area contributed by atoms with E-state index in [1.165, 1.54) is 11.8 Å². The number of thioether (sulfide) groups is 1. The predicted octanol–water partition coefficient (Wildman–Crippen LogP) is 2.09. The van der Waals surface area contributed by atoms with E-state index < -0.39 is 23.8 Å². The van der Waals surface area contributed by atoms with Crippen LogP contribution in [0.1, 0.15) is 19.3 Å². The monoisotopic (exact) mass is 300 g/mol. The molecule has 0 aromatic carbocycles. The van der Waals surface area contributed by atoms with Crippen molar-refractivity contribution in [2.24, 2.45) is 4.99 Å². The van der Waals surface area contributed by atoms with Gasteiger partial charge in [-0.3, -0.25) is 4.99 Å². The maximum Gasteiger partial charge on any atom is 0.416 e. The molecule has 1 heterocycles. The van der Waals surface area contributed by atoms with Crippen LogP contribution in [0.25, 0.3) is 0 Å². The van der Waals surface area contributed by atoms with Crippen LogP contribution in [-0.2, 0) is 4.74 Å². The summed E-state index contributed by atoms with van der Waals surface area (Å²) >= 11 is 1.28. The van der Waals surface area contributed by atoms with E-state index in [0.717, 1.165) is 0 Å². The summed E-state index contributed by atoms with van der Waals surface area (Å²) in [6.45, 7) is 0. The molecule has 0 aromatic heterocycles. The van der Waals surface area contributed by atoms with Crippen molar-refractivity contribution >= 4 is 16.9 Å². The average molecular weight is 300 g/mol. The maximum absolute atomic E-state index is 12.4. The van der Waals surface area contributed by atoms with Crippen molar-refractivity contribution in [3.8, 4) is 0 Å². The minimum absolute atomic E-state index is 0.221. The molecule has 1 saturated heterocycles. The third-order valence-electron chi connectivity index (χ3n) is 2.75. The molecule has 0 aliphatic carbocycles. The number of rotatable bonds is 2. The van der Waals surface area contributed by atoms with Crippen LogP contribution < -0.4 is 0 Å². The molecule has 1 N–H and O–H groups in total. The molecular formula is C11H19F3N2O2S. The molecule has 3 atom stereocenters. The van der Waals surface area contributed by atoms with Crippen molar-refractivity contribution in [3.05, 3.63) is 0 Å². The molecule has 1 rings (SSSR count). The van der Waals surface area contributed by atoms with Gasteiger partial charge in [0.15, 0.2) is 11.3 Å². The van der Waals surface area contributed by atoms with Crippen molar-refractivity contribution in [2.45, 2.75) is 43.1 Å². The topological polar surface area (TPSA) is 45.1 Å². The van der Waals surface area contributed by atoms with Crippen molar-refractivity contribution in [1.29, 1.82) is 0 Å². The molecule has 0 bridgehead atoms. The summed E-state index contributed by atoms with van der Waals surface area (Å²) in [7, 11) is 5.23. The number of amidine groups is 1. The highest BCUT2D eigenvalue weighted by atomic mass is 32.2. The van der Waals surface area contributed by atoms with Gasteiger partial charge in [0.1, 0.15) is 5.44 Å². The Balaban J connectivity index is 2.60. The van der Waals surface area contributed by atoms with Crippen LogP contribution in [0.3, 0.4) is 0 Å². The summed E-state index contributed by atoms with van der Waals surface area (Å²) < 4.78 is 42.7. The highest BCUT2D eigenvalue weighted by Crippen LogP contribution is 2.34. The second kappa shape index (κ2) is 6.81. The molecule has 0 amide bonds. The van der Waals surface area contributed by atoms with Gasteiger partial charge in [0.25, 0.3) is 0 Å². The maximum atomic E-state index is 12.4. The van der Waals surface area contributed by atoms with Crippen molar-refractivity contribution < 1.29 is 23.0 Å². The third-order valence-corrected chi connectivity index (χ3v) is 4.12. The fourth-order valence-corrected chi connectivity index (χ4v) is 2.86. The Morgan fingerprint density at radius 3 is 2.53 bits per heavy atom. The summed E-state index contributed by atoms with van der Waals surface area (Å²) in [5.74, 6) is 0. The summed E-state index contributed by atoms with van der Waals surface area (Å²) in [5.41, 5.74) is -0.406. The van der Waals surface area contributed by atoms with E-state index in [1.807, 2.05) is 0 Å². The lowest BCUT2D eigenvalue weighted by Crippen LogP contribution is -2.44. The first kappa shape index (κ1) is 16.6. The van der Waals surface area contributed by atoms with Gasteiger partial charge in [-0.2, -0.15) is 13.2 Å². The number of aliphatic hydroxyl groups excluding tert-OH is 1. The standard InChI is InChI=1S/C11H19F3N2O2S/c1-15-10(16(2)3)19-8-6-4-5-7(18-8)9(17)11(12,13)14/h7-9,17H,4-6H2,1-3H3/t7?,8-,9?/m1/s1.